The van der Waals surface area contributed by atoms with Gasteiger partial charge in [0.25, 0.3) is 5.56 Å². The Bertz CT molecular complexity index is 836. The minimum Gasteiger partial charge on any atom is -0.324 e. The molecule has 0 saturated carbocycles. The van der Waals surface area contributed by atoms with E-state index >= 15 is 0 Å². The van der Waals surface area contributed by atoms with Crippen LogP contribution in [0.3, 0.4) is 0 Å². The highest BCUT2D eigenvalue weighted by Crippen LogP contribution is 2.15. The van der Waals surface area contributed by atoms with Gasteiger partial charge in [0.05, 0.1) is 23.1 Å². The van der Waals surface area contributed by atoms with Crippen molar-refractivity contribution >= 4 is 10.9 Å². The van der Waals surface area contributed by atoms with Gasteiger partial charge in [-0.1, -0.05) is 30.3 Å². The molecule has 2 aromatic carbocycles. The number of para-hydroxylation sites is 2. The Hall–Kier alpha value is -2.46. The third kappa shape index (κ3) is 1.90. The molecule has 0 amide bonds. The lowest BCUT2D eigenvalue weighted by Gasteiger charge is -2.14. The second kappa shape index (κ2) is 4.90. The standard InChI is InChI=1S/C16H15N3O/c1-11-6-2-5-9-14(11)19-15(10-17)18-13-8-4-3-7-12(13)16(19)20/h2-9H,10,17H2,1H3. The molecule has 0 fully saturated rings. The van der Waals surface area contributed by atoms with Crippen LogP contribution < -0.4 is 11.3 Å². The Kier molecular flexibility index (Phi) is 3.08. The average Bonchev–Trinajstić information content (AvgIpc) is 2.48. The van der Waals surface area contributed by atoms with Crippen LogP contribution in [-0.2, 0) is 6.54 Å². The molecule has 3 aromatic rings. The molecule has 0 aliphatic carbocycles. The fraction of sp³-hybridized carbons (Fsp3) is 0.125. The lowest BCUT2D eigenvalue weighted by Crippen LogP contribution is -2.26. The number of rotatable bonds is 2. The number of nitrogens with zero attached hydrogens (tertiary/aromatic N) is 2. The maximum absolute atomic E-state index is 12.7. The molecule has 4 nitrogen and oxygen atoms in total. The molecule has 0 unspecified atom stereocenters. The molecular formula is C16H15N3O. The van der Waals surface area contributed by atoms with Crippen LogP contribution in [-0.4, -0.2) is 9.55 Å². The van der Waals surface area contributed by atoms with Crippen molar-refractivity contribution < 1.29 is 0 Å². The van der Waals surface area contributed by atoms with Crippen LogP contribution in [0.25, 0.3) is 16.6 Å². The Morgan fingerprint density at radius 2 is 1.80 bits per heavy atom. The molecule has 0 aliphatic heterocycles. The zero-order valence-corrected chi connectivity index (χ0v) is 11.2. The van der Waals surface area contributed by atoms with E-state index < -0.39 is 0 Å². The van der Waals surface area contributed by atoms with Crippen LogP contribution in [0.5, 0.6) is 0 Å². The summed E-state index contributed by atoms with van der Waals surface area (Å²) in [6, 6.07) is 15.1. The van der Waals surface area contributed by atoms with Crippen molar-refractivity contribution in [1.29, 1.82) is 0 Å². The van der Waals surface area contributed by atoms with E-state index in [0.717, 1.165) is 11.3 Å². The van der Waals surface area contributed by atoms with Gasteiger partial charge in [-0.15, -0.1) is 0 Å². The minimum atomic E-state index is -0.0784. The largest absolute Gasteiger partial charge is 0.324 e. The van der Waals surface area contributed by atoms with E-state index in [1.54, 1.807) is 10.6 Å². The Morgan fingerprint density at radius 3 is 2.55 bits per heavy atom. The molecule has 0 bridgehead atoms. The molecule has 100 valence electrons. The summed E-state index contributed by atoms with van der Waals surface area (Å²) < 4.78 is 1.61. The second-order valence-electron chi connectivity index (χ2n) is 4.68. The normalized spacial score (nSPS) is 10.9. The van der Waals surface area contributed by atoms with Gasteiger partial charge in [-0.25, -0.2) is 4.98 Å². The van der Waals surface area contributed by atoms with Gasteiger partial charge in [-0.05, 0) is 30.7 Å². The van der Waals surface area contributed by atoms with Gasteiger partial charge < -0.3 is 5.73 Å². The van der Waals surface area contributed by atoms with E-state index in [-0.39, 0.29) is 12.1 Å². The molecule has 20 heavy (non-hydrogen) atoms. The molecule has 1 aromatic heterocycles. The van der Waals surface area contributed by atoms with Gasteiger partial charge in [0, 0.05) is 0 Å². The number of aromatic nitrogens is 2. The van der Waals surface area contributed by atoms with Crippen molar-refractivity contribution in [3.63, 3.8) is 0 Å². The van der Waals surface area contributed by atoms with E-state index in [1.165, 1.54) is 0 Å². The van der Waals surface area contributed by atoms with Crippen LogP contribution in [0.4, 0.5) is 0 Å². The molecule has 2 N–H and O–H groups in total. The Balaban J connectivity index is 2.43. The van der Waals surface area contributed by atoms with Crippen LogP contribution >= 0.6 is 0 Å². The molecule has 3 rings (SSSR count). The molecule has 0 atom stereocenters. The SMILES string of the molecule is Cc1ccccc1-n1c(CN)nc2ccccc2c1=O. The minimum absolute atomic E-state index is 0.0784. The van der Waals surface area contributed by atoms with E-state index in [1.807, 2.05) is 49.4 Å². The number of fused-ring (bicyclic) bond motifs is 1. The van der Waals surface area contributed by atoms with Crippen molar-refractivity contribution in [2.24, 2.45) is 5.73 Å². The predicted octanol–water partition coefficient (Wildman–Crippen LogP) is 2.15. The monoisotopic (exact) mass is 265 g/mol. The highest BCUT2D eigenvalue weighted by atomic mass is 16.1. The number of benzene rings is 2. The lowest BCUT2D eigenvalue weighted by atomic mass is 10.2. The number of nitrogens with two attached hydrogens (primary N) is 1. The van der Waals surface area contributed by atoms with E-state index in [2.05, 4.69) is 4.98 Å². The highest BCUT2D eigenvalue weighted by Gasteiger charge is 2.12. The van der Waals surface area contributed by atoms with Gasteiger partial charge in [0.15, 0.2) is 0 Å². The molecule has 0 aliphatic rings. The fourth-order valence-electron chi connectivity index (χ4n) is 2.38. The van der Waals surface area contributed by atoms with Crippen molar-refractivity contribution in [2.45, 2.75) is 13.5 Å². The van der Waals surface area contributed by atoms with Crippen LogP contribution in [0.2, 0.25) is 0 Å². The topological polar surface area (TPSA) is 60.9 Å². The molecular weight excluding hydrogens is 250 g/mol. The molecule has 0 radical (unpaired) electrons. The van der Waals surface area contributed by atoms with Gasteiger partial charge in [-0.3, -0.25) is 9.36 Å². The number of hydrogen-bond donors (Lipinski definition) is 1. The third-order valence-corrected chi connectivity index (χ3v) is 3.38. The van der Waals surface area contributed by atoms with Crippen molar-refractivity contribution in [2.75, 3.05) is 0 Å². The molecule has 0 spiro atoms. The molecule has 1 heterocycles. The maximum atomic E-state index is 12.7. The van der Waals surface area contributed by atoms with Crippen LogP contribution in [0.1, 0.15) is 11.4 Å². The summed E-state index contributed by atoms with van der Waals surface area (Å²) >= 11 is 0. The third-order valence-electron chi connectivity index (χ3n) is 3.38. The van der Waals surface area contributed by atoms with E-state index in [9.17, 15) is 4.79 Å². The summed E-state index contributed by atoms with van der Waals surface area (Å²) in [7, 11) is 0. The summed E-state index contributed by atoms with van der Waals surface area (Å²) in [6.07, 6.45) is 0. The van der Waals surface area contributed by atoms with Gasteiger partial charge in [-0.2, -0.15) is 0 Å². The average molecular weight is 265 g/mol. The smallest absolute Gasteiger partial charge is 0.266 e. The van der Waals surface area contributed by atoms with E-state index in [0.29, 0.717) is 16.7 Å². The van der Waals surface area contributed by atoms with Gasteiger partial charge in [0.2, 0.25) is 0 Å². The fourth-order valence-corrected chi connectivity index (χ4v) is 2.38. The van der Waals surface area contributed by atoms with Crippen molar-refractivity contribution in [1.82, 2.24) is 9.55 Å². The summed E-state index contributed by atoms with van der Waals surface area (Å²) in [5, 5.41) is 0.605. The van der Waals surface area contributed by atoms with Gasteiger partial charge >= 0.3 is 0 Å². The van der Waals surface area contributed by atoms with Crippen LogP contribution in [0.15, 0.2) is 53.3 Å². The predicted molar refractivity (Wildman–Crippen MR) is 80.0 cm³/mol. The highest BCUT2D eigenvalue weighted by molar-refractivity contribution is 5.77. The first kappa shape index (κ1) is 12.6. The molecule has 0 saturated heterocycles. The van der Waals surface area contributed by atoms with Crippen LogP contribution in [0, 0.1) is 6.92 Å². The zero-order valence-electron chi connectivity index (χ0n) is 11.2. The number of hydrogen-bond acceptors (Lipinski definition) is 3. The first-order chi connectivity index (χ1) is 9.72. The zero-order chi connectivity index (χ0) is 14.1. The van der Waals surface area contributed by atoms with E-state index in [4.69, 9.17) is 5.73 Å². The maximum Gasteiger partial charge on any atom is 0.266 e. The second-order valence-corrected chi connectivity index (χ2v) is 4.68. The first-order valence-electron chi connectivity index (χ1n) is 6.49. The lowest BCUT2D eigenvalue weighted by molar-refractivity contribution is 0.812. The first-order valence-corrected chi connectivity index (χ1v) is 6.49. The summed E-state index contributed by atoms with van der Waals surface area (Å²) in [5.41, 5.74) is 8.23. The van der Waals surface area contributed by atoms with Crippen molar-refractivity contribution in [3.8, 4) is 5.69 Å². The Labute approximate surface area is 116 Å². The quantitative estimate of drug-likeness (QED) is 0.772. The summed E-state index contributed by atoms with van der Waals surface area (Å²) in [5.74, 6) is 0.572. The van der Waals surface area contributed by atoms with Gasteiger partial charge in [0.1, 0.15) is 5.82 Å². The van der Waals surface area contributed by atoms with Crippen molar-refractivity contribution in [3.05, 3.63) is 70.3 Å². The molecule has 4 heteroatoms. The number of aryl methyl sites for hydroxylation is 1. The summed E-state index contributed by atoms with van der Waals surface area (Å²) in [4.78, 5) is 17.2. The summed E-state index contributed by atoms with van der Waals surface area (Å²) in [6.45, 7) is 2.19. The Morgan fingerprint density at radius 1 is 1.10 bits per heavy atom.